The summed E-state index contributed by atoms with van der Waals surface area (Å²) < 4.78 is 0. The number of benzene rings is 3. The van der Waals surface area contributed by atoms with E-state index in [1.165, 1.54) is 28.7 Å². The van der Waals surface area contributed by atoms with Crippen LogP contribution < -0.4 is 0 Å². The lowest BCUT2D eigenvalue weighted by Gasteiger charge is -2.27. The van der Waals surface area contributed by atoms with Gasteiger partial charge in [0.05, 0.1) is 22.7 Å². The lowest BCUT2D eigenvalue weighted by Crippen LogP contribution is -2.34. The molecule has 0 fully saturated rings. The van der Waals surface area contributed by atoms with Crippen molar-refractivity contribution in [2.75, 3.05) is 0 Å². The van der Waals surface area contributed by atoms with Crippen molar-refractivity contribution in [2.45, 2.75) is 25.3 Å². The number of carboxylic acids is 1. The molecule has 0 saturated heterocycles. The predicted octanol–water partition coefficient (Wildman–Crippen LogP) is 4.75. The molecule has 1 aliphatic rings. The van der Waals surface area contributed by atoms with Crippen molar-refractivity contribution in [3.8, 4) is 0 Å². The predicted molar refractivity (Wildman–Crippen MR) is 112 cm³/mol. The van der Waals surface area contributed by atoms with Gasteiger partial charge in [-0.05, 0) is 48.6 Å². The smallest absolute Gasteiger partial charge is 0.335 e. The molecule has 150 valence electrons. The van der Waals surface area contributed by atoms with Gasteiger partial charge >= 0.3 is 5.97 Å². The number of hydrogen-bond acceptors (Lipinski definition) is 3. The highest BCUT2D eigenvalue weighted by atomic mass is 16.4. The largest absolute Gasteiger partial charge is 0.478 e. The van der Waals surface area contributed by atoms with E-state index in [-0.39, 0.29) is 22.6 Å². The van der Waals surface area contributed by atoms with Gasteiger partial charge in [-0.25, -0.2) is 4.79 Å². The molecule has 0 aliphatic carbocycles. The van der Waals surface area contributed by atoms with Crippen LogP contribution in [0, 0.1) is 0 Å². The van der Waals surface area contributed by atoms with Gasteiger partial charge in [0.25, 0.3) is 11.8 Å². The maximum absolute atomic E-state index is 13.1. The molecule has 1 unspecified atom stereocenters. The van der Waals surface area contributed by atoms with Crippen LogP contribution in [-0.2, 0) is 6.42 Å². The molecule has 1 heterocycles. The number of amides is 2. The van der Waals surface area contributed by atoms with Crippen LogP contribution in [0.4, 0.5) is 0 Å². The quantitative estimate of drug-likeness (QED) is 0.582. The number of rotatable bonds is 7. The van der Waals surface area contributed by atoms with E-state index in [0.717, 1.165) is 18.4 Å². The van der Waals surface area contributed by atoms with Gasteiger partial charge in [0.2, 0.25) is 0 Å². The van der Waals surface area contributed by atoms with Gasteiger partial charge in [-0.15, -0.1) is 0 Å². The number of carboxylic acid groups (broad SMARTS) is 1. The molecular weight excluding hydrogens is 378 g/mol. The molecule has 0 aromatic heterocycles. The summed E-state index contributed by atoms with van der Waals surface area (Å²) in [5.41, 5.74) is 2.51. The Bertz CT molecular complexity index is 1090. The average Bonchev–Trinajstić information content (AvgIpc) is 3.02. The zero-order valence-corrected chi connectivity index (χ0v) is 16.3. The first-order valence-corrected chi connectivity index (χ1v) is 9.90. The second kappa shape index (κ2) is 8.33. The first-order valence-electron chi connectivity index (χ1n) is 9.90. The summed E-state index contributed by atoms with van der Waals surface area (Å²) in [6.45, 7) is 0. The van der Waals surface area contributed by atoms with Crippen molar-refractivity contribution in [3.05, 3.63) is 107 Å². The lowest BCUT2D eigenvalue weighted by molar-refractivity contribution is 0.0571. The molecule has 3 aromatic carbocycles. The minimum absolute atomic E-state index is 0.00270. The van der Waals surface area contributed by atoms with Crippen molar-refractivity contribution in [1.82, 2.24) is 4.90 Å². The molecule has 1 aliphatic heterocycles. The lowest BCUT2D eigenvalue weighted by atomic mass is 9.97. The minimum Gasteiger partial charge on any atom is -0.478 e. The zero-order valence-electron chi connectivity index (χ0n) is 16.3. The van der Waals surface area contributed by atoms with E-state index in [1.54, 1.807) is 0 Å². The Morgan fingerprint density at radius 2 is 1.47 bits per heavy atom. The molecule has 30 heavy (non-hydrogen) atoms. The van der Waals surface area contributed by atoms with Crippen molar-refractivity contribution in [1.29, 1.82) is 0 Å². The Labute approximate surface area is 174 Å². The third kappa shape index (κ3) is 3.74. The van der Waals surface area contributed by atoms with Crippen LogP contribution in [0.3, 0.4) is 0 Å². The second-order valence-electron chi connectivity index (χ2n) is 7.35. The summed E-state index contributed by atoms with van der Waals surface area (Å²) in [4.78, 5) is 38.8. The first kappa shape index (κ1) is 19.6. The van der Waals surface area contributed by atoms with Gasteiger partial charge in [0.1, 0.15) is 0 Å². The molecule has 0 radical (unpaired) electrons. The summed E-state index contributed by atoms with van der Waals surface area (Å²) in [5, 5.41) is 9.24. The van der Waals surface area contributed by atoms with Gasteiger partial charge in [0, 0.05) is 0 Å². The SMILES string of the molecule is O=C(O)c1ccc2c(c1)C(=O)N(C(CCCc1ccccc1)c1ccccc1)C2=O. The molecule has 5 nitrogen and oxygen atoms in total. The molecule has 0 bridgehead atoms. The summed E-state index contributed by atoms with van der Waals surface area (Å²) >= 11 is 0. The number of aromatic carboxylic acids is 1. The van der Waals surface area contributed by atoms with Gasteiger partial charge in [0.15, 0.2) is 0 Å². The van der Waals surface area contributed by atoms with Crippen molar-refractivity contribution < 1.29 is 19.5 Å². The van der Waals surface area contributed by atoms with Crippen LogP contribution in [0.1, 0.15) is 61.1 Å². The van der Waals surface area contributed by atoms with E-state index in [1.807, 2.05) is 48.5 Å². The average molecular weight is 399 g/mol. The fourth-order valence-electron chi connectivity index (χ4n) is 3.94. The normalized spacial score (nSPS) is 13.9. The number of carbonyl (C=O) groups excluding carboxylic acids is 2. The third-order valence-electron chi connectivity index (χ3n) is 5.45. The van der Waals surface area contributed by atoms with Gasteiger partial charge in [-0.1, -0.05) is 60.7 Å². The highest BCUT2D eigenvalue weighted by Gasteiger charge is 2.40. The summed E-state index contributed by atoms with van der Waals surface area (Å²) in [6.07, 6.45) is 2.27. The Balaban J connectivity index is 1.62. The van der Waals surface area contributed by atoms with Gasteiger partial charge in [-0.2, -0.15) is 0 Å². The highest BCUT2D eigenvalue weighted by Crippen LogP contribution is 2.35. The van der Waals surface area contributed by atoms with E-state index >= 15 is 0 Å². The van der Waals surface area contributed by atoms with Crippen LogP contribution in [0.5, 0.6) is 0 Å². The Morgan fingerprint density at radius 3 is 2.13 bits per heavy atom. The monoisotopic (exact) mass is 399 g/mol. The summed E-state index contributed by atoms with van der Waals surface area (Å²) in [7, 11) is 0. The summed E-state index contributed by atoms with van der Waals surface area (Å²) in [5.74, 6) is -1.94. The number of aryl methyl sites for hydroxylation is 1. The van der Waals surface area contributed by atoms with Crippen molar-refractivity contribution >= 4 is 17.8 Å². The minimum atomic E-state index is -1.13. The number of imide groups is 1. The van der Waals surface area contributed by atoms with Crippen molar-refractivity contribution in [2.24, 2.45) is 0 Å². The Hall–Kier alpha value is -3.73. The number of hydrogen-bond donors (Lipinski definition) is 1. The van der Waals surface area contributed by atoms with Crippen LogP contribution in [0.2, 0.25) is 0 Å². The topological polar surface area (TPSA) is 74.7 Å². The Kier molecular flexibility index (Phi) is 5.44. The molecule has 4 rings (SSSR count). The standard InChI is InChI=1S/C25H21NO4/c27-23-20-15-14-19(25(29)30)16-21(20)24(28)26(23)22(18-11-5-2-6-12-18)13-7-10-17-8-3-1-4-9-17/h1-6,8-9,11-12,14-16,22H,7,10,13H2,(H,29,30). The van der Waals surface area contributed by atoms with Crippen molar-refractivity contribution in [3.63, 3.8) is 0 Å². The first-order chi connectivity index (χ1) is 14.6. The van der Waals surface area contributed by atoms with Crippen LogP contribution in [0.15, 0.2) is 78.9 Å². The van der Waals surface area contributed by atoms with Gasteiger partial charge in [-0.3, -0.25) is 14.5 Å². The van der Waals surface area contributed by atoms with E-state index in [9.17, 15) is 19.5 Å². The molecule has 5 heteroatoms. The fourth-order valence-corrected chi connectivity index (χ4v) is 3.94. The zero-order chi connectivity index (χ0) is 21.1. The second-order valence-corrected chi connectivity index (χ2v) is 7.35. The number of carbonyl (C=O) groups is 3. The number of fused-ring (bicyclic) bond motifs is 1. The Morgan fingerprint density at radius 1 is 0.833 bits per heavy atom. The summed E-state index contributed by atoms with van der Waals surface area (Å²) in [6, 6.07) is 23.3. The van der Waals surface area contributed by atoms with E-state index in [0.29, 0.717) is 6.42 Å². The molecule has 3 aromatic rings. The van der Waals surface area contributed by atoms with Crippen LogP contribution in [0.25, 0.3) is 0 Å². The maximum Gasteiger partial charge on any atom is 0.335 e. The number of nitrogens with zero attached hydrogens (tertiary/aromatic N) is 1. The van der Waals surface area contributed by atoms with E-state index in [4.69, 9.17) is 0 Å². The molecule has 1 atom stereocenters. The fraction of sp³-hybridized carbons (Fsp3) is 0.160. The van der Waals surface area contributed by atoms with E-state index < -0.39 is 17.9 Å². The van der Waals surface area contributed by atoms with Crippen LogP contribution in [-0.4, -0.2) is 27.8 Å². The highest BCUT2D eigenvalue weighted by molar-refractivity contribution is 6.22. The van der Waals surface area contributed by atoms with Gasteiger partial charge < -0.3 is 5.11 Å². The maximum atomic E-state index is 13.1. The van der Waals surface area contributed by atoms with E-state index in [2.05, 4.69) is 12.1 Å². The molecule has 2 amide bonds. The molecule has 1 N–H and O–H groups in total. The third-order valence-corrected chi connectivity index (χ3v) is 5.45. The molecule has 0 spiro atoms. The molecule has 0 saturated carbocycles. The molecular formula is C25H21NO4. The van der Waals surface area contributed by atoms with Crippen LogP contribution >= 0.6 is 0 Å².